The SMILES string of the molecule is CCN1CCN(CC(=O)NC(c2ccc(OC)cc2)C(C)C)CC1. The van der Waals surface area contributed by atoms with E-state index < -0.39 is 0 Å². The summed E-state index contributed by atoms with van der Waals surface area (Å²) in [6, 6.07) is 7.98. The summed E-state index contributed by atoms with van der Waals surface area (Å²) in [5.74, 6) is 1.27. The van der Waals surface area contributed by atoms with Crippen molar-refractivity contribution in [1.82, 2.24) is 15.1 Å². The first-order chi connectivity index (χ1) is 11.5. The highest BCUT2D eigenvalue weighted by Gasteiger charge is 2.22. The van der Waals surface area contributed by atoms with Crippen LogP contribution in [0.1, 0.15) is 32.4 Å². The number of piperazine rings is 1. The Morgan fingerprint density at radius 3 is 2.21 bits per heavy atom. The van der Waals surface area contributed by atoms with Crippen LogP contribution in [-0.2, 0) is 4.79 Å². The topological polar surface area (TPSA) is 44.8 Å². The number of ether oxygens (including phenoxy) is 1. The molecule has 1 aliphatic rings. The van der Waals surface area contributed by atoms with Gasteiger partial charge >= 0.3 is 0 Å². The molecule has 0 saturated carbocycles. The minimum atomic E-state index is 0.0281. The molecule has 1 aliphatic heterocycles. The van der Waals surface area contributed by atoms with Crippen LogP contribution in [0.4, 0.5) is 0 Å². The minimum absolute atomic E-state index is 0.0281. The number of benzene rings is 1. The van der Waals surface area contributed by atoms with Crippen molar-refractivity contribution in [3.05, 3.63) is 29.8 Å². The number of carbonyl (C=O) groups is 1. The van der Waals surface area contributed by atoms with Crippen LogP contribution in [0, 0.1) is 5.92 Å². The predicted octanol–water partition coefficient (Wildman–Crippen LogP) is 2.15. The Hall–Kier alpha value is -1.59. The normalized spacial score (nSPS) is 17.7. The molecule has 0 aliphatic carbocycles. The molecule has 1 saturated heterocycles. The average molecular weight is 333 g/mol. The van der Waals surface area contributed by atoms with E-state index in [9.17, 15) is 4.79 Å². The Labute approximate surface area is 146 Å². The smallest absolute Gasteiger partial charge is 0.234 e. The standard InChI is InChI=1S/C19H31N3O2/c1-5-21-10-12-22(13-11-21)14-18(23)20-19(15(2)3)16-6-8-17(24-4)9-7-16/h6-9,15,19H,5,10-14H2,1-4H3,(H,20,23). The van der Waals surface area contributed by atoms with Crippen LogP contribution >= 0.6 is 0 Å². The largest absolute Gasteiger partial charge is 0.497 e. The first kappa shape index (κ1) is 18.7. The van der Waals surface area contributed by atoms with Crippen LogP contribution in [0.2, 0.25) is 0 Å². The minimum Gasteiger partial charge on any atom is -0.497 e. The van der Waals surface area contributed by atoms with Gasteiger partial charge in [-0.15, -0.1) is 0 Å². The molecule has 0 radical (unpaired) electrons. The van der Waals surface area contributed by atoms with E-state index in [1.807, 2.05) is 24.3 Å². The van der Waals surface area contributed by atoms with Gasteiger partial charge in [-0.05, 0) is 30.2 Å². The van der Waals surface area contributed by atoms with Crippen molar-refractivity contribution in [3.63, 3.8) is 0 Å². The molecule has 1 fully saturated rings. The fourth-order valence-corrected chi connectivity index (χ4v) is 3.13. The highest BCUT2D eigenvalue weighted by molar-refractivity contribution is 5.78. The second-order valence-corrected chi connectivity index (χ2v) is 6.77. The van der Waals surface area contributed by atoms with Crippen molar-refractivity contribution in [3.8, 4) is 5.75 Å². The molecule has 1 unspecified atom stereocenters. The molecule has 1 heterocycles. The van der Waals surface area contributed by atoms with Crippen molar-refractivity contribution < 1.29 is 9.53 Å². The van der Waals surface area contributed by atoms with Gasteiger partial charge in [-0.2, -0.15) is 0 Å². The van der Waals surface area contributed by atoms with E-state index in [1.165, 1.54) is 0 Å². The van der Waals surface area contributed by atoms with E-state index >= 15 is 0 Å². The van der Waals surface area contributed by atoms with E-state index in [1.54, 1.807) is 7.11 Å². The van der Waals surface area contributed by atoms with Crippen LogP contribution in [0.15, 0.2) is 24.3 Å². The lowest BCUT2D eigenvalue weighted by Gasteiger charge is -2.34. The van der Waals surface area contributed by atoms with Gasteiger partial charge < -0.3 is 15.0 Å². The number of hydrogen-bond acceptors (Lipinski definition) is 4. The van der Waals surface area contributed by atoms with Crippen LogP contribution in [0.5, 0.6) is 5.75 Å². The molecule has 5 nitrogen and oxygen atoms in total. The van der Waals surface area contributed by atoms with Crippen molar-refractivity contribution in [2.45, 2.75) is 26.8 Å². The molecular weight excluding hydrogens is 302 g/mol. The molecule has 1 aromatic rings. The van der Waals surface area contributed by atoms with Gasteiger partial charge in [0.05, 0.1) is 19.7 Å². The van der Waals surface area contributed by atoms with Crippen LogP contribution in [-0.4, -0.2) is 62.1 Å². The second kappa shape index (κ2) is 9.04. The number of nitrogens with one attached hydrogen (secondary N) is 1. The molecule has 0 aromatic heterocycles. The molecule has 0 spiro atoms. The van der Waals surface area contributed by atoms with E-state index in [4.69, 9.17) is 4.74 Å². The van der Waals surface area contributed by atoms with Gasteiger partial charge in [0.15, 0.2) is 0 Å². The zero-order valence-corrected chi connectivity index (χ0v) is 15.4. The molecule has 1 N–H and O–H groups in total. The highest BCUT2D eigenvalue weighted by Crippen LogP contribution is 2.23. The number of rotatable bonds is 7. The van der Waals surface area contributed by atoms with E-state index in [-0.39, 0.29) is 11.9 Å². The second-order valence-electron chi connectivity index (χ2n) is 6.77. The molecular formula is C19H31N3O2. The average Bonchev–Trinajstić information content (AvgIpc) is 2.60. The summed E-state index contributed by atoms with van der Waals surface area (Å²) in [6.45, 7) is 12.1. The zero-order chi connectivity index (χ0) is 17.5. The van der Waals surface area contributed by atoms with Gasteiger partial charge in [0, 0.05) is 26.2 Å². The highest BCUT2D eigenvalue weighted by atomic mass is 16.5. The number of likely N-dealkylation sites (N-methyl/N-ethyl adjacent to an activating group) is 1. The molecule has 24 heavy (non-hydrogen) atoms. The number of amides is 1. The molecule has 1 aromatic carbocycles. The van der Waals surface area contributed by atoms with Gasteiger partial charge in [-0.3, -0.25) is 9.69 Å². The summed E-state index contributed by atoms with van der Waals surface area (Å²) in [7, 11) is 1.66. The lowest BCUT2D eigenvalue weighted by atomic mass is 9.96. The third-order valence-corrected chi connectivity index (χ3v) is 4.74. The third-order valence-electron chi connectivity index (χ3n) is 4.74. The van der Waals surface area contributed by atoms with E-state index in [0.717, 1.165) is 44.0 Å². The Morgan fingerprint density at radius 2 is 1.71 bits per heavy atom. The van der Waals surface area contributed by atoms with Crippen molar-refractivity contribution in [1.29, 1.82) is 0 Å². The van der Waals surface area contributed by atoms with Crippen LogP contribution in [0.25, 0.3) is 0 Å². The van der Waals surface area contributed by atoms with Gasteiger partial charge in [0.1, 0.15) is 5.75 Å². The van der Waals surface area contributed by atoms with Crippen LogP contribution < -0.4 is 10.1 Å². The third kappa shape index (κ3) is 5.21. The molecule has 5 heteroatoms. The fraction of sp³-hybridized carbons (Fsp3) is 0.632. The van der Waals surface area contributed by atoms with Crippen molar-refractivity contribution in [2.75, 3.05) is 46.4 Å². The summed E-state index contributed by atoms with van der Waals surface area (Å²) in [5.41, 5.74) is 1.12. The maximum absolute atomic E-state index is 12.5. The van der Waals surface area contributed by atoms with Crippen molar-refractivity contribution in [2.24, 2.45) is 5.92 Å². The maximum atomic E-state index is 12.5. The lowest BCUT2D eigenvalue weighted by Crippen LogP contribution is -2.49. The van der Waals surface area contributed by atoms with Gasteiger partial charge in [-0.25, -0.2) is 0 Å². The molecule has 2 rings (SSSR count). The number of carbonyl (C=O) groups excluding carboxylic acids is 1. The van der Waals surface area contributed by atoms with Gasteiger partial charge in [-0.1, -0.05) is 32.9 Å². The number of hydrogen-bond donors (Lipinski definition) is 1. The van der Waals surface area contributed by atoms with Crippen molar-refractivity contribution >= 4 is 5.91 Å². The Kier molecular flexibility index (Phi) is 7.06. The number of nitrogens with zero attached hydrogens (tertiary/aromatic N) is 2. The summed E-state index contributed by atoms with van der Waals surface area (Å²) in [4.78, 5) is 17.1. The van der Waals surface area contributed by atoms with Gasteiger partial charge in [0.25, 0.3) is 0 Å². The summed E-state index contributed by atoms with van der Waals surface area (Å²) < 4.78 is 5.21. The monoisotopic (exact) mass is 333 g/mol. The van der Waals surface area contributed by atoms with Gasteiger partial charge in [0.2, 0.25) is 5.91 Å². The molecule has 134 valence electrons. The van der Waals surface area contributed by atoms with E-state index in [0.29, 0.717) is 12.5 Å². The quantitative estimate of drug-likeness (QED) is 0.830. The first-order valence-corrected chi connectivity index (χ1v) is 8.91. The Bertz CT molecular complexity index is 508. The Morgan fingerprint density at radius 1 is 1.12 bits per heavy atom. The van der Waals surface area contributed by atoms with Crippen LogP contribution in [0.3, 0.4) is 0 Å². The summed E-state index contributed by atoms with van der Waals surface area (Å²) in [6.07, 6.45) is 0. The Balaban J connectivity index is 1.91. The predicted molar refractivity (Wildman–Crippen MR) is 97.3 cm³/mol. The first-order valence-electron chi connectivity index (χ1n) is 8.91. The molecule has 1 atom stereocenters. The molecule has 1 amide bonds. The summed E-state index contributed by atoms with van der Waals surface area (Å²) >= 11 is 0. The number of methoxy groups -OCH3 is 1. The fourth-order valence-electron chi connectivity index (χ4n) is 3.13. The zero-order valence-electron chi connectivity index (χ0n) is 15.4. The maximum Gasteiger partial charge on any atom is 0.234 e. The molecule has 0 bridgehead atoms. The summed E-state index contributed by atoms with van der Waals surface area (Å²) in [5, 5.41) is 3.21. The van der Waals surface area contributed by atoms with E-state index in [2.05, 4.69) is 35.9 Å². The lowest BCUT2D eigenvalue weighted by molar-refractivity contribution is -0.123.